The molecule has 166 valence electrons. The fraction of sp³-hybridized carbons (Fsp3) is 0.200. The van der Waals surface area contributed by atoms with Gasteiger partial charge in [-0.25, -0.2) is 9.18 Å². The van der Waals surface area contributed by atoms with Crippen LogP contribution in [0.25, 0.3) is 0 Å². The smallest absolute Gasteiger partial charge is 0.344 e. The first-order valence-electron chi connectivity index (χ1n) is 10.0. The first-order chi connectivity index (χ1) is 15.5. The second-order valence-electron chi connectivity index (χ2n) is 7.07. The van der Waals surface area contributed by atoms with Crippen LogP contribution in [0.5, 0.6) is 11.5 Å². The molecule has 3 rings (SSSR count). The molecule has 3 aromatic rings. The van der Waals surface area contributed by atoms with Gasteiger partial charge in [0.2, 0.25) is 0 Å². The van der Waals surface area contributed by atoms with Crippen LogP contribution in [0.15, 0.2) is 78.9 Å². The Bertz CT molecular complexity index is 1020. The van der Waals surface area contributed by atoms with Crippen molar-refractivity contribution in [2.75, 3.05) is 20.3 Å². The van der Waals surface area contributed by atoms with Crippen molar-refractivity contribution in [1.29, 1.82) is 0 Å². The van der Waals surface area contributed by atoms with Crippen molar-refractivity contribution in [2.45, 2.75) is 13.2 Å². The van der Waals surface area contributed by atoms with Crippen molar-refractivity contribution in [3.63, 3.8) is 0 Å². The highest BCUT2D eigenvalue weighted by molar-refractivity contribution is 5.80. The van der Waals surface area contributed by atoms with Gasteiger partial charge in [-0.2, -0.15) is 0 Å². The Hall–Kier alpha value is -3.87. The van der Waals surface area contributed by atoms with E-state index in [1.807, 2.05) is 30.3 Å². The molecule has 0 saturated carbocycles. The van der Waals surface area contributed by atoms with Gasteiger partial charge in [-0.1, -0.05) is 42.5 Å². The number of carbonyl (C=O) groups excluding carboxylic acids is 2. The normalized spacial score (nSPS) is 10.3. The number of nitrogens with zero attached hydrogens (tertiary/aromatic N) is 1. The summed E-state index contributed by atoms with van der Waals surface area (Å²) in [6, 6.07) is 22.6. The van der Waals surface area contributed by atoms with E-state index >= 15 is 0 Å². The first-order valence-corrected chi connectivity index (χ1v) is 10.0. The van der Waals surface area contributed by atoms with E-state index in [1.165, 1.54) is 17.0 Å². The van der Waals surface area contributed by atoms with Crippen molar-refractivity contribution in [3.8, 4) is 11.5 Å². The van der Waals surface area contributed by atoms with E-state index in [2.05, 4.69) is 0 Å². The average Bonchev–Trinajstić information content (AvgIpc) is 2.81. The maximum atomic E-state index is 13.2. The second kappa shape index (κ2) is 11.5. The molecule has 6 nitrogen and oxygen atoms in total. The summed E-state index contributed by atoms with van der Waals surface area (Å²) in [6.45, 7) is -0.0796. The lowest BCUT2D eigenvalue weighted by atomic mass is 10.2. The largest absolute Gasteiger partial charge is 0.489 e. The maximum absolute atomic E-state index is 13.2. The molecule has 0 unspecified atom stereocenters. The van der Waals surface area contributed by atoms with Gasteiger partial charge in [-0.05, 0) is 47.5 Å². The Morgan fingerprint density at radius 3 is 2.16 bits per heavy atom. The van der Waals surface area contributed by atoms with Gasteiger partial charge in [0.15, 0.2) is 13.2 Å². The molecular weight excluding hydrogens is 413 g/mol. The Morgan fingerprint density at radius 2 is 1.47 bits per heavy atom. The summed E-state index contributed by atoms with van der Waals surface area (Å²) in [5, 5.41) is 0. The van der Waals surface area contributed by atoms with Crippen molar-refractivity contribution < 1.29 is 28.2 Å². The number of esters is 1. The molecule has 0 aliphatic heterocycles. The summed E-state index contributed by atoms with van der Waals surface area (Å²) in [7, 11) is 1.55. The molecule has 0 fully saturated rings. The topological polar surface area (TPSA) is 65.1 Å². The van der Waals surface area contributed by atoms with Crippen LogP contribution in [0.1, 0.15) is 11.1 Å². The minimum absolute atomic E-state index is 0.212. The van der Waals surface area contributed by atoms with Crippen molar-refractivity contribution in [3.05, 3.63) is 95.8 Å². The molecule has 1 amide bonds. The molecule has 0 N–H and O–H groups in total. The number of halogens is 1. The SMILES string of the molecule is CN(Cc1cccc(F)c1)C(=O)COC(=O)COc1ccc(OCc2ccccc2)cc1. The molecule has 3 aromatic carbocycles. The Labute approximate surface area is 186 Å². The van der Waals surface area contributed by atoms with Crippen molar-refractivity contribution in [2.24, 2.45) is 0 Å². The van der Waals surface area contributed by atoms with E-state index in [-0.39, 0.29) is 19.0 Å². The van der Waals surface area contributed by atoms with Gasteiger partial charge in [0.25, 0.3) is 5.91 Å². The third kappa shape index (κ3) is 7.43. The van der Waals surface area contributed by atoms with Crippen LogP contribution in [0.3, 0.4) is 0 Å². The molecule has 0 heterocycles. The predicted molar refractivity (Wildman–Crippen MR) is 117 cm³/mol. The van der Waals surface area contributed by atoms with E-state index in [1.54, 1.807) is 43.4 Å². The molecule has 0 aliphatic carbocycles. The second-order valence-corrected chi connectivity index (χ2v) is 7.07. The number of rotatable bonds is 10. The van der Waals surface area contributed by atoms with Gasteiger partial charge in [0.1, 0.15) is 23.9 Å². The molecule has 0 radical (unpaired) electrons. The zero-order chi connectivity index (χ0) is 22.8. The third-order valence-electron chi connectivity index (χ3n) is 4.52. The molecule has 32 heavy (non-hydrogen) atoms. The van der Waals surface area contributed by atoms with Crippen LogP contribution >= 0.6 is 0 Å². The summed E-state index contributed by atoms with van der Waals surface area (Å²) in [6.07, 6.45) is 0. The average molecular weight is 437 g/mol. The zero-order valence-electron chi connectivity index (χ0n) is 17.7. The lowest BCUT2D eigenvalue weighted by Crippen LogP contribution is -2.31. The third-order valence-corrected chi connectivity index (χ3v) is 4.52. The highest BCUT2D eigenvalue weighted by Gasteiger charge is 2.13. The highest BCUT2D eigenvalue weighted by Crippen LogP contribution is 2.18. The number of carbonyl (C=O) groups is 2. The molecule has 0 saturated heterocycles. The number of ether oxygens (including phenoxy) is 3. The van der Waals surface area contributed by atoms with E-state index in [4.69, 9.17) is 14.2 Å². The maximum Gasteiger partial charge on any atom is 0.344 e. The fourth-order valence-electron chi connectivity index (χ4n) is 2.81. The van der Waals surface area contributed by atoms with E-state index in [0.29, 0.717) is 23.7 Å². The van der Waals surface area contributed by atoms with E-state index in [9.17, 15) is 14.0 Å². The number of hydrogen-bond acceptors (Lipinski definition) is 5. The molecule has 0 aromatic heterocycles. The summed E-state index contributed by atoms with van der Waals surface area (Å²) < 4.78 is 29.3. The summed E-state index contributed by atoms with van der Waals surface area (Å²) in [5.41, 5.74) is 1.71. The van der Waals surface area contributed by atoms with Crippen LogP contribution in [0.2, 0.25) is 0 Å². The van der Waals surface area contributed by atoms with Crippen LogP contribution < -0.4 is 9.47 Å². The molecule has 7 heteroatoms. The first kappa shape index (κ1) is 22.8. The molecule has 0 bridgehead atoms. The van der Waals surface area contributed by atoms with Gasteiger partial charge in [-0.15, -0.1) is 0 Å². The molecule has 0 aliphatic rings. The van der Waals surface area contributed by atoms with Crippen LogP contribution in [0, 0.1) is 5.82 Å². The molecule has 0 atom stereocenters. The highest BCUT2D eigenvalue weighted by atomic mass is 19.1. The van der Waals surface area contributed by atoms with Crippen molar-refractivity contribution in [1.82, 2.24) is 4.90 Å². The Kier molecular flexibility index (Phi) is 8.20. The van der Waals surface area contributed by atoms with Gasteiger partial charge in [-0.3, -0.25) is 4.79 Å². The van der Waals surface area contributed by atoms with Gasteiger partial charge < -0.3 is 19.1 Å². The Morgan fingerprint density at radius 1 is 0.812 bits per heavy atom. The fourth-order valence-corrected chi connectivity index (χ4v) is 2.81. The van der Waals surface area contributed by atoms with Gasteiger partial charge in [0, 0.05) is 13.6 Å². The number of benzene rings is 3. The molecular formula is C25H24FNO5. The number of amides is 1. The van der Waals surface area contributed by atoms with Gasteiger partial charge >= 0.3 is 5.97 Å². The standard InChI is InChI=1S/C25H24FNO5/c1-27(15-20-8-5-9-21(26)14-20)24(28)17-32-25(29)18-31-23-12-10-22(11-13-23)30-16-19-6-3-2-4-7-19/h2-14H,15-18H2,1H3. The lowest BCUT2D eigenvalue weighted by Gasteiger charge is -2.17. The van der Waals surface area contributed by atoms with E-state index in [0.717, 1.165) is 5.56 Å². The lowest BCUT2D eigenvalue weighted by molar-refractivity contribution is -0.153. The minimum Gasteiger partial charge on any atom is -0.489 e. The number of likely N-dealkylation sites (N-methyl/N-ethyl adjacent to an activating group) is 1. The molecule has 0 spiro atoms. The van der Waals surface area contributed by atoms with E-state index < -0.39 is 18.5 Å². The van der Waals surface area contributed by atoms with Crippen LogP contribution in [0.4, 0.5) is 4.39 Å². The summed E-state index contributed by atoms with van der Waals surface area (Å²) in [4.78, 5) is 25.4. The minimum atomic E-state index is -0.665. The van der Waals surface area contributed by atoms with Crippen LogP contribution in [-0.2, 0) is 27.5 Å². The predicted octanol–water partition coefficient (Wildman–Crippen LogP) is 3.99. The van der Waals surface area contributed by atoms with Gasteiger partial charge in [0.05, 0.1) is 0 Å². The number of hydrogen-bond donors (Lipinski definition) is 0. The van der Waals surface area contributed by atoms with Crippen LogP contribution in [-0.4, -0.2) is 37.0 Å². The quantitative estimate of drug-likeness (QED) is 0.449. The monoisotopic (exact) mass is 437 g/mol. The zero-order valence-corrected chi connectivity index (χ0v) is 17.7. The summed E-state index contributed by atoms with van der Waals surface area (Å²) >= 11 is 0. The van der Waals surface area contributed by atoms with Crippen molar-refractivity contribution >= 4 is 11.9 Å². The Balaban J connectivity index is 1.36. The summed E-state index contributed by atoms with van der Waals surface area (Å²) in [5.74, 6) is -0.286.